The average Bonchev–Trinajstić information content (AvgIpc) is 2.05. The molecule has 13 heavy (non-hydrogen) atoms. The molecule has 0 spiro atoms. The molecule has 1 N–H and O–H groups in total. The first-order valence-electron chi connectivity index (χ1n) is 4.38. The van der Waals surface area contributed by atoms with Gasteiger partial charge in [-0.2, -0.15) is 0 Å². The summed E-state index contributed by atoms with van der Waals surface area (Å²) in [6.07, 6.45) is 1.12. The van der Waals surface area contributed by atoms with Crippen LogP contribution in [0.25, 0.3) is 0 Å². The van der Waals surface area contributed by atoms with Gasteiger partial charge < -0.3 is 10.1 Å². The fourth-order valence-corrected chi connectivity index (χ4v) is 1.47. The van der Waals surface area contributed by atoms with Crippen LogP contribution in [0.4, 0.5) is 4.39 Å². The summed E-state index contributed by atoms with van der Waals surface area (Å²) >= 11 is 0. The lowest BCUT2D eigenvalue weighted by atomic mass is 9.98. The van der Waals surface area contributed by atoms with Gasteiger partial charge in [0.25, 0.3) is 0 Å². The predicted molar refractivity (Wildman–Crippen MR) is 48.3 cm³/mol. The maximum Gasteiger partial charge on any atom is 0.165 e. The molecule has 1 heterocycles. The minimum absolute atomic E-state index is 0.300. The second-order valence-corrected chi connectivity index (χ2v) is 3.19. The van der Waals surface area contributed by atoms with Gasteiger partial charge in [-0.15, -0.1) is 0 Å². The second-order valence-electron chi connectivity index (χ2n) is 3.19. The Bertz CT molecular complexity index is 310. The van der Waals surface area contributed by atoms with Crippen LogP contribution in [0.5, 0.6) is 5.75 Å². The van der Waals surface area contributed by atoms with Crippen molar-refractivity contribution < 1.29 is 9.13 Å². The number of rotatable bonds is 2. The van der Waals surface area contributed by atoms with Crippen molar-refractivity contribution in [3.05, 3.63) is 29.6 Å². The molecule has 1 aliphatic heterocycles. The summed E-state index contributed by atoms with van der Waals surface area (Å²) in [6.45, 7) is 1.05. The molecule has 1 saturated heterocycles. The third-order valence-electron chi connectivity index (χ3n) is 2.40. The van der Waals surface area contributed by atoms with Gasteiger partial charge in [0.1, 0.15) is 0 Å². The molecule has 2 rings (SSSR count). The standard InChI is InChI=1S/C10H12FNO/c1-13-10-6-7(2-3-8(10)11)9-4-5-12-9/h2-3,6,9,12H,4-5H2,1H3/t9-/m0/s1. The van der Waals surface area contributed by atoms with E-state index in [0.717, 1.165) is 18.5 Å². The molecule has 1 aromatic rings. The third-order valence-corrected chi connectivity index (χ3v) is 2.40. The molecule has 1 aromatic carbocycles. The molecule has 1 atom stereocenters. The summed E-state index contributed by atoms with van der Waals surface area (Å²) < 4.78 is 17.9. The first-order valence-corrected chi connectivity index (χ1v) is 4.38. The van der Waals surface area contributed by atoms with Crippen molar-refractivity contribution in [2.45, 2.75) is 12.5 Å². The zero-order valence-corrected chi connectivity index (χ0v) is 7.51. The van der Waals surface area contributed by atoms with Gasteiger partial charge in [-0.05, 0) is 30.7 Å². The SMILES string of the molecule is COc1cc([C@@H]2CCN2)ccc1F. The highest BCUT2D eigenvalue weighted by molar-refractivity contribution is 5.32. The summed E-state index contributed by atoms with van der Waals surface area (Å²) in [4.78, 5) is 0. The van der Waals surface area contributed by atoms with Crippen LogP contribution in [0, 0.1) is 5.82 Å². The first-order chi connectivity index (χ1) is 6.31. The van der Waals surface area contributed by atoms with E-state index in [4.69, 9.17) is 4.74 Å². The molecule has 0 amide bonds. The molecule has 0 saturated carbocycles. The molecule has 0 aliphatic carbocycles. The summed E-state index contributed by atoms with van der Waals surface area (Å²) in [5.41, 5.74) is 1.10. The molecule has 0 bridgehead atoms. The Morgan fingerprint density at radius 1 is 1.54 bits per heavy atom. The molecule has 0 aromatic heterocycles. The maximum absolute atomic E-state index is 13.0. The molecule has 2 nitrogen and oxygen atoms in total. The summed E-state index contributed by atoms with van der Waals surface area (Å²) in [5, 5.41) is 3.25. The molecule has 0 unspecified atom stereocenters. The topological polar surface area (TPSA) is 21.3 Å². The highest BCUT2D eigenvalue weighted by Gasteiger charge is 2.19. The fourth-order valence-electron chi connectivity index (χ4n) is 1.47. The van der Waals surface area contributed by atoms with Gasteiger partial charge in [0, 0.05) is 6.04 Å². The lowest BCUT2D eigenvalue weighted by molar-refractivity contribution is 0.368. The highest BCUT2D eigenvalue weighted by Crippen LogP contribution is 2.27. The average molecular weight is 181 g/mol. The van der Waals surface area contributed by atoms with Crippen molar-refractivity contribution in [3.63, 3.8) is 0 Å². The summed E-state index contributed by atoms with van der Waals surface area (Å²) in [5.74, 6) is 0.0248. The zero-order valence-electron chi connectivity index (χ0n) is 7.51. The van der Waals surface area contributed by atoms with Crippen LogP contribution in [-0.4, -0.2) is 13.7 Å². The van der Waals surface area contributed by atoms with E-state index in [-0.39, 0.29) is 5.82 Å². The Morgan fingerprint density at radius 2 is 2.31 bits per heavy atom. The number of methoxy groups -OCH3 is 1. The zero-order chi connectivity index (χ0) is 9.26. The van der Waals surface area contributed by atoms with Gasteiger partial charge in [0.2, 0.25) is 0 Å². The Kier molecular flexibility index (Phi) is 2.19. The van der Waals surface area contributed by atoms with Gasteiger partial charge in [-0.25, -0.2) is 4.39 Å². The molecular formula is C10H12FNO. The van der Waals surface area contributed by atoms with Crippen LogP contribution < -0.4 is 10.1 Å². The van der Waals surface area contributed by atoms with Crippen LogP contribution >= 0.6 is 0 Å². The van der Waals surface area contributed by atoms with Crippen LogP contribution in [0.2, 0.25) is 0 Å². The van der Waals surface area contributed by atoms with Crippen molar-refractivity contribution in [1.29, 1.82) is 0 Å². The maximum atomic E-state index is 13.0. The molecular weight excluding hydrogens is 169 g/mol. The summed E-state index contributed by atoms with van der Waals surface area (Å²) in [6, 6.07) is 5.39. The van der Waals surface area contributed by atoms with E-state index >= 15 is 0 Å². The van der Waals surface area contributed by atoms with E-state index in [2.05, 4.69) is 5.32 Å². The van der Waals surface area contributed by atoms with E-state index in [0.29, 0.717) is 11.8 Å². The van der Waals surface area contributed by atoms with Gasteiger partial charge >= 0.3 is 0 Å². The fraction of sp³-hybridized carbons (Fsp3) is 0.400. The van der Waals surface area contributed by atoms with Crippen molar-refractivity contribution in [2.75, 3.05) is 13.7 Å². The lowest BCUT2D eigenvalue weighted by Crippen LogP contribution is -2.34. The van der Waals surface area contributed by atoms with E-state index in [1.165, 1.54) is 13.2 Å². The summed E-state index contributed by atoms with van der Waals surface area (Å²) in [7, 11) is 1.48. The second kappa shape index (κ2) is 3.34. The number of nitrogens with one attached hydrogen (secondary N) is 1. The van der Waals surface area contributed by atoms with Gasteiger partial charge in [-0.3, -0.25) is 0 Å². The van der Waals surface area contributed by atoms with Crippen molar-refractivity contribution in [3.8, 4) is 5.75 Å². The molecule has 0 radical (unpaired) electrons. The number of hydrogen-bond donors (Lipinski definition) is 1. The number of hydrogen-bond acceptors (Lipinski definition) is 2. The smallest absolute Gasteiger partial charge is 0.165 e. The van der Waals surface area contributed by atoms with Crippen LogP contribution in [0.15, 0.2) is 18.2 Å². The number of benzene rings is 1. The van der Waals surface area contributed by atoms with Gasteiger partial charge in [0.05, 0.1) is 7.11 Å². The Hall–Kier alpha value is -1.09. The minimum atomic E-state index is -0.300. The van der Waals surface area contributed by atoms with Crippen LogP contribution in [0.3, 0.4) is 0 Å². The Morgan fingerprint density at radius 3 is 2.85 bits per heavy atom. The van der Waals surface area contributed by atoms with E-state index in [1.54, 1.807) is 12.1 Å². The number of halogens is 1. The van der Waals surface area contributed by atoms with Crippen molar-refractivity contribution >= 4 is 0 Å². The largest absolute Gasteiger partial charge is 0.494 e. The normalized spacial score (nSPS) is 20.9. The first kappa shape index (κ1) is 8.51. The van der Waals surface area contributed by atoms with E-state index in [9.17, 15) is 4.39 Å². The Labute approximate surface area is 76.7 Å². The monoisotopic (exact) mass is 181 g/mol. The Balaban J connectivity index is 2.26. The van der Waals surface area contributed by atoms with Crippen LogP contribution in [0.1, 0.15) is 18.0 Å². The van der Waals surface area contributed by atoms with E-state index in [1.807, 2.05) is 0 Å². The van der Waals surface area contributed by atoms with Gasteiger partial charge in [0.15, 0.2) is 11.6 Å². The predicted octanol–water partition coefficient (Wildman–Crippen LogP) is 1.87. The number of ether oxygens (including phenoxy) is 1. The van der Waals surface area contributed by atoms with Crippen LogP contribution in [-0.2, 0) is 0 Å². The third kappa shape index (κ3) is 1.52. The van der Waals surface area contributed by atoms with E-state index < -0.39 is 0 Å². The van der Waals surface area contributed by atoms with Crippen molar-refractivity contribution in [1.82, 2.24) is 5.32 Å². The molecule has 1 fully saturated rings. The van der Waals surface area contributed by atoms with Gasteiger partial charge in [-0.1, -0.05) is 6.07 Å². The molecule has 1 aliphatic rings. The minimum Gasteiger partial charge on any atom is -0.494 e. The van der Waals surface area contributed by atoms with Crippen molar-refractivity contribution in [2.24, 2.45) is 0 Å². The highest BCUT2D eigenvalue weighted by atomic mass is 19.1. The molecule has 3 heteroatoms. The molecule has 70 valence electrons. The quantitative estimate of drug-likeness (QED) is 0.752. The lowest BCUT2D eigenvalue weighted by Gasteiger charge is -2.28.